The van der Waals surface area contributed by atoms with Gasteiger partial charge in [0.05, 0.1) is 39.9 Å². The molecule has 8 nitrogen and oxygen atoms in total. The van der Waals surface area contributed by atoms with Crippen molar-refractivity contribution in [2.75, 3.05) is 40.9 Å². The first-order valence-electron chi connectivity index (χ1n) is 26.7. The minimum atomic E-state index is -4.59. The molecule has 3 unspecified atom stereocenters. The molecule has 0 rings (SSSR count). The van der Waals surface area contributed by atoms with E-state index in [0.29, 0.717) is 17.4 Å². The van der Waals surface area contributed by atoms with Crippen molar-refractivity contribution in [3.8, 4) is 0 Å². The summed E-state index contributed by atoms with van der Waals surface area (Å²) >= 11 is 0. The van der Waals surface area contributed by atoms with Gasteiger partial charge in [-0.3, -0.25) is 9.36 Å². The molecule has 0 aliphatic rings. The van der Waals surface area contributed by atoms with E-state index in [0.717, 1.165) is 96.3 Å². The highest BCUT2D eigenvalue weighted by molar-refractivity contribution is 7.45. The lowest BCUT2D eigenvalue weighted by Crippen LogP contribution is -2.45. The van der Waals surface area contributed by atoms with Crippen LogP contribution in [0.5, 0.6) is 0 Å². The van der Waals surface area contributed by atoms with E-state index >= 15 is 0 Å². The Kier molecular flexibility index (Phi) is 46.2. The number of phosphoric ester groups is 1. The molecule has 384 valence electrons. The van der Waals surface area contributed by atoms with Gasteiger partial charge in [-0.25, -0.2) is 0 Å². The molecule has 0 spiro atoms. The predicted octanol–water partition coefficient (Wildman–Crippen LogP) is 15.4. The van der Waals surface area contributed by atoms with Crippen LogP contribution in [0, 0.1) is 0 Å². The summed E-state index contributed by atoms with van der Waals surface area (Å²) < 4.78 is 23.2. The van der Waals surface area contributed by atoms with Crippen LogP contribution in [0.4, 0.5) is 0 Å². The largest absolute Gasteiger partial charge is 0.756 e. The van der Waals surface area contributed by atoms with E-state index in [1.807, 2.05) is 27.2 Å². The molecular weight excluding hydrogens is 852 g/mol. The summed E-state index contributed by atoms with van der Waals surface area (Å²) in [5, 5.41) is 13.8. The molecule has 0 aliphatic heterocycles. The van der Waals surface area contributed by atoms with Crippen molar-refractivity contribution in [2.24, 2.45) is 0 Å². The zero-order chi connectivity index (χ0) is 49.2. The molecular formula is C58H101N2O6P. The summed E-state index contributed by atoms with van der Waals surface area (Å²) in [5.74, 6) is -0.209. The Morgan fingerprint density at radius 1 is 0.537 bits per heavy atom. The van der Waals surface area contributed by atoms with Crippen molar-refractivity contribution in [1.82, 2.24) is 5.32 Å². The van der Waals surface area contributed by atoms with Crippen LogP contribution in [-0.2, 0) is 18.4 Å². The lowest BCUT2D eigenvalue weighted by atomic mass is 10.0. The molecule has 0 aromatic heterocycles. The van der Waals surface area contributed by atoms with Gasteiger partial charge in [-0.2, -0.15) is 0 Å². The normalized spacial score (nSPS) is 14.9. The zero-order valence-electron chi connectivity index (χ0n) is 43.6. The number of phosphoric acid groups is 1. The number of nitrogens with one attached hydrogen (secondary N) is 1. The number of hydrogen-bond acceptors (Lipinski definition) is 6. The van der Waals surface area contributed by atoms with Crippen molar-refractivity contribution >= 4 is 13.7 Å². The molecule has 0 saturated heterocycles. The van der Waals surface area contributed by atoms with E-state index < -0.39 is 20.0 Å². The predicted molar refractivity (Wildman–Crippen MR) is 288 cm³/mol. The maximum absolute atomic E-state index is 12.9. The number of aliphatic hydroxyl groups excluding tert-OH is 1. The molecule has 0 fully saturated rings. The number of rotatable bonds is 47. The Morgan fingerprint density at radius 3 is 1.33 bits per heavy atom. The van der Waals surface area contributed by atoms with Crippen LogP contribution < -0.4 is 10.2 Å². The van der Waals surface area contributed by atoms with Gasteiger partial charge in [0.2, 0.25) is 5.91 Å². The van der Waals surface area contributed by atoms with E-state index in [1.165, 1.54) is 83.5 Å². The fourth-order valence-corrected chi connectivity index (χ4v) is 7.77. The third-order valence-corrected chi connectivity index (χ3v) is 12.2. The highest BCUT2D eigenvalue weighted by Crippen LogP contribution is 2.38. The van der Waals surface area contributed by atoms with E-state index in [2.05, 4.69) is 116 Å². The van der Waals surface area contributed by atoms with Gasteiger partial charge >= 0.3 is 0 Å². The van der Waals surface area contributed by atoms with Gasteiger partial charge in [-0.1, -0.05) is 220 Å². The van der Waals surface area contributed by atoms with Crippen molar-refractivity contribution in [3.63, 3.8) is 0 Å². The Hall–Kier alpha value is -2.84. The number of quaternary nitrogens is 1. The lowest BCUT2D eigenvalue weighted by Gasteiger charge is -2.29. The summed E-state index contributed by atoms with van der Waals surface area (Å²) in [4.78, 5) is 25.3. The number of carbonyl (C=O) groups is 1. The molecule has 0 bridgehead atoms. The second kappa shape index (κ2) is 48.2. The zero-order valence-corrected chi connectivity index (χ0v) is 44.5. The van der Waals surface area contributed by atoms with Crippen LogP contribution in [0.3, 0.4) is 0 Å². The number of aliphatic hydroxyl groups is 1. The third-order valence-electron chi connectivity index (χ3n) is 11.2. The van der Waals surface area contributed by atoms with Gasteiger partial charge in [0.15, 0.2) is 0 Å². The van der Waals surface area contributed by atoms with Crippen molar-refractivity contribution in [1.29, 1.82) is 0 Å². The molecule has 0 aromatic rings. The first kappa shape index (κ1) is 64.2. The monoisotopic (exact) mass is 953 g/mol. The minimum Gasteiger partial charge on any atom is -0.756 e. The van der Waals surface area contributed by atoms with Crippen molar-refractivity contribution in [2.45, 2.75) is 212 Å². The molecule has 0 aliphatic carbocycles. The van der Waals surface area contributed by atoms with Gasteiger partial charge in [0.1, 0.15) is 13.2 Å². The topological polar surface area (TPSA) is 108 Å². The molecule has 0 radical (unpaired) electrons. The first-order chi connectivity index (χ1) is 32.5. The highest BCUT2D eigenvalue weighted by atomic mass is 31.2. The van der Waals surface area contributed by atoms with Gasteiger partial charge in [0.25, 0.3) is 7.82 Å². The Labute approximate surface area is 412 Å². The maximum Gasteiger partial charge on any atom is 0.268 e. The number of allylic oxidation sites excluding steroid dienone is 17. The van der Waals surface area contributed by atoms with Crippen LogP contribution in [0.1, 0.15) is 200 Å². The second-order valence-electron chi connectivity index (χ2n) is 18.9. The van der Waals surface area contributed by atoms with Gasteiger partial charge in [0, 0.05) is 6.42 Å². The SMILES string of the molecule is CC/C=C\C/C=C\C/C=C\C/C=C\C/C=C\C/C=C\C/C=C\C/C=C\CCCCCCCCCCCCC(=O)NC(COP(=O)([O-])OCC[N+](C)(C)C)C(O)/C=C/CCCCCCCCCC. The lowest BCUT2D eigenvalue weighted by molar-refractivity contribution is -0.870. The van der Waals surface area contributed by atoms with Crippen molar-refractivity contribution < 1.29 is 32.9 Å². The molecule has 67 heavy (non-hydrogen) atoms. The number of hydrogen-bond donors (Lipinski definition) is 2. The Morgan fingerprint density at radius 2 is 0.910 bits per heavy atom. The third kappa shape index (κ3) is 50.9. The standard InChI is InChI=1S/C58H101N2O6P/c1-6-8-10-12-14-16-18-19-20-21-22-23-24-25-26-27-28-29-30-31-32-33-34-35-36-37-38-39-40-41-42-44-46-48-50-52-58(62)59-56(55-66-67(63,64)65-54-53-60(3,4)5)57(61)51-49-47-45-43-17-15-13-11-9-7-2/h8,10,14,16,19-20,22-23,25-26,28-29,31-32,34-35,49,51,56-57,61H,6-7,9,11-13,15,17-18,21,24,27,30,33,36-48,50,52-55H2,1-5H3,(H-,59,62,63,64)/b10-8-,16-14-,20-19-,23-22-,26-25-,29-28-,32-31-,35-34-,51-49+. The summed E-state index contributed by atoms with van der Waals surface area (Å²) in [6.45, 7) is 4.49. The molecule has 2 N–H and O–H groups in total. The van der Waals surface area contributed by atoms with Gasteiger partial charge in [-0.05, 0) is 83.5 Å². The average molecular weight is 953 g/mol. The van der Waals surface area contributed by atoms with E-state index in [-0.39, 0.29) is 19.1 Å². The van der Waals surface area contributed by atoms with Crippen LogP contribution in [0.2, 0.25) is 0 Å². The van der Waals surface area contributed by atoms with Crippen LogP contribution in [0.15, 0.2) is 109 Å². The Balaban J connectivity index is 4.10. The smallest absolute Gasteiger partial charge is 0.268 e. The second-order valence-corrected chi connectivity index (χ2v) is 20.3. The van der Waals surface area contributed by atoms with Gasteiger partial charge < -0.3 is 28.8 Å². The number of amides is 1. The number of likely N-dealkylation sites (N-methyl/N-ethyl adjacent to an activating group) is 1. The van der Waals surface area contributed by atoms with E-state index in [4.69, 9.17) is 9.05 Å². The summed E-state index contributed by atoms with van der Waals surface area (Å²) in [7, 11) is 1.24. The van der Waals surface area contributed by atoms with Crippen LogP contribution in [-0.4, -0.2) is 68.5 Å². The van der Waals surface area contributed by atoms with E-state index in [1.54, 1.807) is 6.08 Å². The number of unbranched alkanes of at least 4 members (excludes halogenated alkanes) is 18. The molecule has 0 aromatic carbocycles. The number of nitrogens with zero attached hydrogens (tertiary/aromatic N) is 1. The van der Waals surface area contributed by atoms with Crippen LogP contribution >= 0.6 is 7.82 Å². The molecule has 1 amide bonds. The fourth-order valence-electron chi connectivity index (χ4n) is 7.05. The summed E-state index contributed by atoms with van der Waals surface area (Å²) in [6.07, 6.45) is 70.2. The summed E-state index contributed by atoms with van der Waals surface area (Å²) in [5.41, 5.74) is 0. The first-order valence-corrected chi connectivity index (χ1v) is 28.2. The quantitative estimate of drug-likeness (QED) is 0.0272. The van der Waals surface area contributed by atoms with Crippen LogP contribution in [0.25, 0.3) is 0 Å². The van der Waals surface area contributed by atoms with Gasteiger partial charge in [-0.15, -0.1) is 0 Å². The molecule has 9 heteroatoms. The molecule has 0 saturated carbocycles. The molecule has 3 atom stereocenters. The number of carbonyl (C=O) groups excluding carboxylic acids is 1. The fraction of sp³-hybridized carbons (Fsp3) is 0.672. The highest BCUT2D eigenvalue weighted by Gasteiger charge is 2.23. The van der Waals surface area contributed by atoms with E-state index in [9.17, 15) is 19.4 Å². The average Bonchev–Trinajstić information content (AvgIpc) is 3.29. The Bertz CT molecular complexity index is 1450. The maximum atomic E-state index is 12.9. The summed E-state index contributed by atoms with van der Waals surface area (Å²) in [6, 6.07) is -0.894. The van der Waals surface area contributed by atoms with Crippen molar-refractivity contribution in [3.05, 3.63) is 109 Å². The minimum absolute atomic E-state index is 0.00697. The molecule has 0 heterocycles.